The van der Waals surface area contributed by atoms with Crippen LogP contribution < -0.4 is 15.8 Å². The molecule has 31 heavy (non-hydrogen) atoms. The third-order valence-corrected chi connectivity index (χ3v) is 4.34. The van der Waals surface area contributed by atoms with Gasteiger partial charge in [-0.05, 0) is 43.8 Å². The molecule has 0 aliphatic carbocycles. The second kappa shape index (κ2) is 14.5. The standard InChI is InChI=1S/C20H23ClF2N2O.C2H6.CH3NO/c1-13(2)20(22,23)16-8-9-18(17(21)11-16)26-19-10-7-15(12-25-19)6-5-14(3)24-4;1-2;2-1-3/h5-14,24H,1-4H3;1-2H3;1H,(H2,2,3)/b6-5+;;/t14-;;/m0../s1. The number of rotatable bonds is 7. The molecule has 0 saturated carbocycles. The summed E-state index contributed by atoms with van der Waals surface area (Å²) < 4.78 is 33.8. The Morgan fingerprint density at radius 2 is 1.81 bits per heavy atom. The normalized spacial score (nSPS) is 11.8. The molecule has 1 amide bonds. The van der Waals surface area contributed by atoms with Crippen LogP contribution in [0.5, 0.6) is 11.6 Å². The summed E-state index contributed by atoms with van der Waals surface area (Å²) in [6, 6.07) is 7.84. The van der Waals surface area contributed by atoms with Crippen LogP contribution in [0.3, 0.4) is 0 Å². The predicted molar refractivity (Wildman–Crippen MR) is 124 cm³/mol. The largest absolute Gasteiger partial charge is 0.437 e. The van der Waals surface area contributed by atoms with E-state index in [0.717, 1.165) is 5.56 Å². The van der Waals surface area contributed by atoms with Gasteiger partial charge in [0.1, 0.15) is 5.75 Å². The number of likely N-dealkylation sites (N-methyl/N-ethyl adjacent to an activating group) is 1. The van der Waals surface area contributed by atoms with E-state index in [1.54, 1.807) is 12.3 Å². The first-order chi connectivity index (χ1) is 14.6. The molecule has 1 atom stereocenters. The van der Waals surface area contributed by atoms with Crippen LogP contribution in [0.4, 0.5) is 8.78 Å². The maximum Gasteiger partial charge on any atom is 0.275 e. The number of alkyl halides is 2. The van der Waals surface area contributed by atoms with Crippen molar-refractivity contribution in [1.29, 1.82) is 0 Å². The Kier molecular flexibility index (Phi) is 13.3. The fraction of sp³-hybridized carbons (Fsp3) is 0.391. The van der Waals surface area contributed by atoms with Crippen LogP contribution in [0.15, 0.2) is 42.6 Å². The lowest BCUT2D eigenvalue weighted by atomic mass is 9.98. The fourth-order valence-electron chi connectivity index (χ4n) is 2.14. The number of nitrogens with two attached hydrogens (primary N) is 1. The van der Waals surface area contributed by atoms with Crippen LogP contribution in [-0.2, 0) is 10.7 Å². The van der Waals surface area contributed by atoms with Gasteiger partial charge in [-0.1, -0.05) is 51.4 Å². The van der Waals surface area contributed by atoms with Crippen molar-refractivity contribution < 1.29 is 18.3 Å². The number of pyridine rings is 1. The molecular weight excluding hydrogens is 424 g/mol. The molecular formula is C23H32ClF2N3O2. The Morgan fingerprint density at radius 1 is 1.19 bits per heavy atom. The van der Waals surface area contributed by atoms with Gasteiger partial charge >= 0.3 is 0 Å². The van der Waals surface area contributed by atoms with Crippen molar-refractivity contribution in [2.75, 3.05) is 7.05 Å². The number of hydrogen-bond donors (Lipinski definition) is 2. The van der Waals surface area contributed by atoms with E-state index < -0.39 is 11.8 Å². The minimum Gasteiger partial charge on any atom is -0.437 e. The average Bonchev–Trinajstić information content (AvgIpc) is 2.76. The topological polar surface area (TPSA) is 77.2 Å². The molecule has 172 valence electrons. The van der Waals surface area contributed by atoms with Crippen LogP contribution in [0.1, 0.15) is 45.7 Å². The highest BCUT2D eigenvalue weighted by atomic mass is 35.5. The lowest BCUT2D eigenvalue weighted by molar-refractivity contribution is -0.106. The summed E-state index contributed by atoms with van der Waals surface area (Å²) in [6.45, 7) is 8.97. The molecule has 0 unspecified atom stereocenters. The first kappa shape index (κ1) is 28.5. The van der Waals surface area contributed by atoms with E-state index in [1.807, 2.05) is 46.0 Å². The van der Waals surface area contributed by atoms with Crippen LogP contribution in [0.25, 0.3) is 6.08 Å². The molecule has 0 saturated heterocycles. The van der Waals surface area contributed by atoms with E-state index in [-0.39, 0.29) is 28.8 Å². The van der Waals surface area contributed by atoms with Crippen LogP contribution in [0, 0.1) is 5.92 Å². The zero-order chi connectivity index (χ0) is 24.0. The lowest BCUT2D eigenvalue weighted by Gasteiger charge is -2.21. The van der Waals surface area contributed by atoms with E-state index in [4.69, 9.17) is 21.1 Å². The van der Waals surface area contributed by atoms with E-state index in [2.05, 4.69) is 16.0 Å². The zero-order valence-electron chi connectivity index (χ0n) is 18.8. The smallest absolute Gasteiger partial charge is 0.275 e. The molecule has 0 fully saturated rings. The van der Waals surface area contributed by atoms with Crippen molar-refractivity contribution >= 4 is 24.1 Å². The minimum atomic E-state index is -2.95. The van der Waals surface area contributed by atoms with Crippen molar-refractivity contribution in [3.8, 4) is 11.6 Å². The Balaban J connectivity index is 0.00000165. The van der Waals surface area contributed by atoms with E-state index in [9.17, 15) is 8.78 Å². The molecule has 0 radical (unpaired) electrons. The quantitative estimate of drug-likeness (QED) is 0.500. The van der Waals surface area contributed by atoms with Crippen molar-refractivity contribution in [3.05, 3.63) is 58.8 Å². The van der Waals surface area contributed by atoms with Crippen molar-refractivity contribution in [2.45, 2.75) is 46.6 Å². The van der Waals surface area contributed by atoms with Crippen LogP contribution >= 0.6 is 11.6 Å². The summed E-state index contributed by atoms with van der Waals surface area (Å²) >= 11 is 6.12. The lowest BCUT2D eigenvalue weighted by Crippen LogP contribution is -2.20. The van der Waals surface area contributed by atoms with Gasteiger partial charge in [0.25, 0.3) is 5.92 Å². The van der Waals surface area contributed by atoms with Gasteiger partial charge in [-0.15, -0.1) is 0 Å². The molecule has 3 N–H and O–H groups in total. The average molecular weight is 456 g/mol. The number of carbonyl (C=O) groups is 1. The summed E-state index contributed by atoms with van der Waals surface area (Å²) in [4.78, 5) is 12.8. The van der Waals surface area contributed by atoms with Crippen molar-refractivity contribution in [3.63, 3.8) is 0 Å². The van der Waals surface area contributed by atoms with Gasteiger partial charge in [0, 0.05) is 29.8 Å². The van der Waals surface area contributed by atoms with E-state index in [1.165, 1.54) is 32.0 Å². The van der Waals surface area contributed by atoms with Gasteiger partial charge in [0.05, 0.1) is 5.02 Å². The highest BCUT2D eigenvalue weighted by molar-refractivity contribution is 6.32. The number of ether oxygens (including phenoxy) is 1. The number of primary amides is 1. The zero-order valence-corrected chi connectivity index (χ0v) is 19.6. The van der Waals surface area contributed by atoms with E-state index >= 15 is 0 Å². The van der Waals surface area contributed by atoms with Gasteiger partial charge in [-0.3, -0.25) is 4.79 Å². The van der Waals surface area contributed by atoms with Crippen LogP contribution in [-0.4, -0.2) is 24.5 Å². The Labute approximate surface area is 188 Å². The molecule has 0 aliphatic heterocycles. The Bertz CT molecular complexity index is 813. The summed E-state index contributed by atoms with van der Waals surface area (Å²) in [5.74, 6) is -3.14. The first-order valence-corrected chi connectivity index (χ1v) is 10.4. The fourth-order valence-corrected chi connectivity index (χ4v) is 2.36. The molecule has 8 heteroatoms. The molecule has 1 aromatic carbocycles. The third-order valence-electron chi connectivity index (χ3n) is 4.05. The Morgan fingerprint density at radius 3 is 2.26 bits per heavy atom. The summed E-state index contributed by atoms with van der Waals surface area (Å²) in [7, 11) is 1.89. The maximum absolute atomic E-state index is 14.1. The highest BCUT2D eigenvalue weighted by Gasteiger charge is 2.35. The minimum absolute atomic E-state index is 0.122. The highest BCUT2D eigenvalue weighted by Crippen LogP contribution is 2.39. The molecule has 0 spiro atoms. The maximum atomic E-state index is 14.1. The molecule has 1 heterocycles. The van der Waals surface area contributed by atoms with Crippen molar-refractivity contribution in [1.82, 2.24) is 10.3 Å². The number of halogens is 3. The molecule has 0 aliphatic rings. The van der Waals surface area contributed by atoms with E-state index in [0.29, 0.717) is 5.88 Å². The summed E-state index contributed by atoms with van der Waals surface area (Å²) in [5, 5.41) is 3.23. The number of hydrogen-bond acceptors (Lipinski definition) is 4. The number of amides is 1. The molecule has 2 rings (SSSR count). The number of aromatic nitrogens is 1. The molecule has 0 bridgehead atoms. The monoisotopic (exact) mass is 455 g/mol. The SMILES string of the molecule is CC.CN[C@@H](C)/C=C/c1ccc(Oc2ccc(C(F)(F)C(C)C)cc2Cl)nc1.NC=O. The van der Waals surface area contributed by atoms with Gasteiger partial charge in [0.15, 0.2) is 0 Å². The predicted octanol–water partition coefficient (Wildman–Crippen LogP) is 6.02. The van der Waals surface area contributed by atoms with Gasteiger partial charge in [0.2, 0.25) is 12.3 Å². The second-order valence-corrected chi connectivity index (χ2v) is 6.93. The van der Waals surface area contributed by atoms with Gasteiger partial charge < -0.3 is 15.8 Å². The summed E-state index contributed by atoms with van der Waals surface area (Å²) in [6.07, 6.45) is 5.89. The summed E-state index contributed by atoms with van der Waals surface area (Å²) in [5.41, 5.74) is 4.97. The van der Waals surface area contributed by atoms with Crippen molar-refractivity contribution in [2.24, 2.45) is 11.7 Å². The van der Waals surface area contributed by atoms with Crippen LogP contribution in [0.2, 0.25) is 5.02 Å². The number of nitrogens with one attached hydrogen (secondary N) is 1. The second-order valence-electron chi connectivity index (χ2n) is 6.53. The van der Waals surface area contributed by atoms with Gasteiger partial charge in [-0.25, -0.2) is 13.8 Å². The third kappa shape index (κ3) is 9.44. The molecule has 2 aromatic rings. The van der Waals surface area contributed by atoms with Gasteiger partial charge in [-0.2, -0.15) is 0 Å². The number of benzene rings is 1. The molecule has 5 nitrogen and oxygen atoms in total. The number of carbonyl (C=O) groups excluding carboxylic acids is 1. The Hall–Kier alpha value is -2.51. The first-order valence-electron chi connectivity index (χ1n) is 9.98. The molecule has 1 aromatic heterocycles. The number of nitrogens with zero attached hydrogens (tertiary/aromatic N) is 1.